The second kappa shape index (κ2) is 10.5. The summed E-state index contributed by atoms with van der Waals surface area (Å²) in [6, 6.07) is 5.35. The molecule has 1 atom stereocenters. The molecule has 30 heavy (non-hydrogen) atoms. The van der Waals surface area contributed by atoms with Gasteiger partial charge in [0.25, 0.3) is 0 Å². The van der Waals surface area contributed by atoms with Crippen LogP contribution in [0.25, 0.3) is 11.4 Å². The number of carbonyl (C=O) groups is 1. The topological polar surface area (TPSA) is 83.5 Å². The number of hydrogen-bond acceptors (Lipinski definition) is 7. The molecule has 0 radical (unpaired) electrons. The van der Waals surface area contributed by atoms with Crippen molar-refractivity contribution >= 4 is 23.5 Å². The number of hydrogen-bond donors (Lipinski definition) is 1. The summed E-state index contributed by atoms with van der Waals surface area (Å²) in [5.74, 6) is 0.904. The van der Waals surface area contributed by atoms with Crippen LogP contribution in [0.2, 0.25) is 5.02 Å². The van der Waals surface area contributed by atoms with Gasteiger partial charge in [-0.1, -0.05) is 18.2 Å². The van der Waals surface area contributed by atoms with Crippen LogP contribution in [0.1, 0.15) is 18.0 Å². The van der Waals surface area contributed by atoms with Gasteiger partial charge in [-0.2, -0.15) is 4.98 Å². The summed E-state index contributed by atoms with van der Waals surface area (Å²) in [7, 11) is 4.08. The molecule has 1 amide bonds. The first-order valence-electron chi connectivity index (χ1n) is 9.87. The molecule has 2 heterocycles. The Balaban J connectivity index is 1.82. The molecule has 1 fully saturated rings. The molecule has 0 spiro atoms. The van der Waals surface area contributed by atoms with Crippen LogP contribution in [0.15, 0.2) is 37.2 Å². The highest BCUT2D eigenvalue weighted by molar-refractivity contribution is 6.31. The molecule has 3 rings (SSSR count). The van der Waals surface area contributed by atoms with Crippen LogP contribution in [0, 0.1) is 0 Å². The monoisotopic (exact) mass is 430 g/mol. The van der Waals surface area contributed by atoms with Gasteiger partial charge in [0, 0.05) is 23.7 Å². The number of anilines is 1. The highest BCUT2D eigenvalue weighted by Gasteiger charge is 2.28. The largest absolute Gasteiger partial charge is 0.377 e. The Morgan fingerprint density at radius 2 is 2.23 bits per heavy atom. The minimum absolute atomic E-state index is 0.130. The molecule has 9 heteroatoms. The second-order valence-electron chi connectivity index (χ2n) is 7.32. The van der Waals surface area contributed by atoms with Gasteiger partial charge in [-0.05, 0) is 56.9 Å². The normalized spacial score (nSPS) is 16.5. The van der Waals surface area contributed by atoms with E-state index in [2.05, 4.69) is 31.7 Å². The van der Waals surface area contributed by atoms with Crippen LogP contribution >= 0.6 is 11.6 Å². The van der Waals surface area contributed by atoms with Gasteiger partial charge < -0.3 is 19.9 Å². The lowest BCUT2D eigenvalue weighted by atomic mass is 10.0. The number of amides is 1. The van der Waals surface area contributed by atoms with E-state index in [0.29, 0.717) is 36.6 Å². The molecule has 0 saturated carbocycles. The third kappa shape index (κ3) is 5.75. The lowest BCUT2D eigenvalue weighted by Gasteiger charge is -2.35. The Hall–Kier alpha value is -2.55. The molecular weight excluding hydrogens is 404 g/mol. The first-order valence-corrected chi connectivity index (χ1v) is 10.2. The summed E-state index contributed by atoms with van der Waals surface area (Å²) >= 11 is 6.40. The molecule has 2 aromatic rings. The van der Waals surface area contributed by atoms with E-state index in [1.807, 2.05) is 26.2 Å². The molecule has 1 aliphatic rings. The van der Waals surface area contributed by atoms with Crippen molar-refractivity contribution in [2.45, 2.75) is 12.5 Å². The molecule has 0 unspecified atom stereocenters. The average molecular weight is 431 g/mol. The fourth-order valence-corrected chi connectivity index (χ4v) is 3.55. The lowest BCUT2D eigenvalue weighted by Crippen LogP contribution is -2.42. The van der Waals surface area contributed by atoms with Crippen molar-refractivity contribution < 1.29 is 9.53 Å². The quantitative estimate of drug-likeness (QED) is 0.509. The Morgan fingerprint density at radius 3 is 3.00 bits per heavy atom. The van der Waals surface area contributed by atoms with E-state index < -0.39 is 0 Å². The lowest BCUT2D eigenvalue weighted by molar-refractivity contribution is -0.134. The molecule has 0 aliphatic carbocycles. The number of aromatic nitrogens is 3. The van der Waals surface area contributed by atoms with Crippen LogP contribution < -0.4 is 5.32 Å². The Bertz CT molecular complexity index is 892. The van der Waals surface area contributed by atoms with Crippen molar-refractivity contribution in [1.29, 1.82) is 0 Å². The Kier molecular flexibility index (Phi) is 7.73. The van der Waals surface area contributed by atoms with Crippen molar-refractivity contribution in [3.05, 3.63) is 47.8 Å². The summed E-state index contributed by atoms with van der Waals surface area (Å²) in [6.07, 6.45) is 3.78. The van der Waals surface area contributed by atoms with Crippen molar-refractivity contribution in [3.8, 4) is 11.4 Å². The van der Waals surface area contributed by atoms with E-state index in [-0.39, 0.29) is 11.9 Å². The van der Waals surface area contributed by atoms with Crippen LogP contribution in [0.4, 0.5) is 5.95 Å². The predicted octanol–water partition coefficient (Wildman–Crippen LogP) is 2.64. The maximum atomic E-state index is 12.3. The molecule has 1 N–H and O–H groups in total. The Labute approximate surface area is 181 Å². The van der Waals surface area contributed by atoms with Gasteiger partial charge in [0.2, 0.25) is 11.9 Å². The van der Waals surface area contributed by atoms with Crippen molar-refractivity contribution in [1.82, 2.24) is 24.8 Å². The van der Waals surface area contributed by atoms with Gasteiger partial charge in [-0.3, -0.25) is 4.79 Å². The minimum atomic E-state index is -0.243. The summed E-state index contributed by atoms with van der Waals surface area (Å²) < 4.78 is 5.61. The number of morpholine rings is 1. The Morgan fingerprint density at radius 1 is 1.40 bits per heavy atom. The van der Waals surface area contributed by atoms with Gasteiger partial charge in [0.15, 0.2) is 5.82 Å². The van der Waals surface area contributed by atoms with E-state index in [0.717, 1.165) is 30.6 Å². The van der Waals surface area contributed by atoms with Gasteiger partial charge in [-0.25, -0.2) is 9.97 Å². The van der Waals surface area contributed by atoms with Gasteiger partial charge >= 0.3 is 0 Å². The fourth-order valence-electron chi connectivity index (χ4n) is 3.31. The van der Waals surface area contributed by atoms with Crippen LogP contribution in [-0.2, 0) is 9.53 Å². The number of halogens is 1. The van der Waals surface area contributed by atoms with E-state index in [9.17, 15) is 4.79 Å². The fraction of sp³-hybridized carbons (Fsp3) is 0.429. The van der Waals surface area contributed by atoms with Crippen molar-refractivity contribution in [2.75, 3.05) is 52.3 Å². The van der Waals surface area contributed by atoms with E-state index in [4.69, 9.17) is 16.3 Å². The first kappa shape index (κ1) is 22.1. The van der Waals surface area contributed by atoms with Crippen LogP contribution in [0.3, 0.4) is 0 Å². The molecular formula is C21H27ClN6O2. The molecule has 8 nitrogen and oxygen atoms in total. The second-order valence-corrected chi connectivity index (χ2v) is 7.75. The summed E-state index contributed by atoms with van der Waals surface area (Å²) in [4.78, 5) is 29.2. The van der Waals surface area contributed by atoms with Crippen LogP contribution in [0.5, 0.6) is 0 Å². The van der Waals surface area contributed by atoms with Gasteiger partial charge in [0.1, 0.15) is 6.33 Å². The summed E-state index contributed by atoms with van der Waals surface area (Å²) in [6.45, 7) is 6.75. The highest BCUT2D eigenvalue weighted by atomic mass is 35.5. The molecule has 1 aromatic carbocycles. The van der Waals surface area contributed by atoms with Crippen LogP contribution in [-0.4, -0.2) is 77.6 Å². The van der Waals surface area contributed by atoms with E-state index in [1.165, 1.54) is 12.4 Å². The first-order chi connectivity index (χ1) is 14.5. The van der Waals surface area contributed by atoms with E-state index in [1.54, 1.807) is 11.0 Å². The zero-order valence-corrected chi connectivity index (χ0v) is 18.1. The number of carbonyl (C=O) groups excluding carboxylic acids is 1. The SMILES string of the molecule is C=CC(=O)N1CCOC[C@H]1c1cc(Cl)cc(-c2ncnc(NCCCN(C)C)n2)c1. The summed E-state index contributed by atoms with van der Waals surface area (Å²) in [5, 5.41) is 3.77. The zero-order chi connectivity index (χ0) is 21.5. The number of benzene rings is 1. The number of rotatable bonds is 8. The molecule has 1 aliphatic heterocycles. The number of nitrogens with zero attached hydrogens (tertiary/aromatic N) is 5. The number of ether oxygens (including phenoxy) is 1. The maximum absolute atomic E-state index is 12.3. The minimum Gasteiger partial charge on any atom is -0.377 e. The van der Waals surface area contributed by atoms with E-state index >= 15 is 0 Å². The standard InChI is InChI=1S/C21H27ClN6O2/c1-4-19(29)28-8-9-30-13-18(28)15-10-16(12-17(22)11-15)20-24-14-25-21(26-20)23-6-5-7-27(2)3/h4,10-12,14,18H,1,5-9,13H2,2-3H3,(H,23,24,25,26)/t18-/m0/s1. The molecule has 160 valence electrons. The molecule has 1 saturated heterocycles. The van der Waals surface area contributed by atoms with Gasteiger partial charge in [0.05, 0.1) is 19.3 Å². The van der Waals surface area contributed by atoms with Gasteiger partial charge in [-0.15, -0.1) is 0 Å². The van der Waals surface area contributed by atoms with Crippen molar-refractivity contribution in [3.63, 3.8) is 0 Å². The smallest absolute Gasteiger partial charge is 0.246 e. The number of nitrogens with one attached hydrogen (secondary N) is 1. The average Bonchev–Trinajstić information content (AvgIpc) is 2.76. The van der Waals surface area contributed by atoms with Crippen molar-refractivity contribution in [2.24, 2.45) is 0 Å². The molecule has 1 aromatic heterocycles. The summed E-state index contributed by atoms with van der Waals surface area (Å²) in [5.41, 5.74) is 1.63. The third-order valence-electron chi connectivity index (χ3n) is 4.79. The third-order valence-corrected chi connectivity index (χ3v) is 5.00. The zero-order valence-electron chi connectivity index (χ0n) is 17.3. The highest BCUT2D eigenvalue weighted by Crippen LogP contribution is 2.30. The maximum Gasteiger partial charge on any atom is 0.246 e. The molecule has 0 bridgehead atoms. The predicted molar refractivity (Wildman–Crippen MR) is 117 cm³/mol.